The van der Waals surface area contributed by atoms with Gasteiger partial charge in [0.05, 0.1) is 12.6 Å². The van der Waals surface area contributed by atoms with Gasteiger partial charge in [0.1, 0.15) is 0 Å². The largest absolute Gasteiger partial charge is 0.380 e. The highest BCUT2D eigenvalue weighted by atomic mass is 32.2. The standard InChI is InChI=1S/C13H24N2OS/c1-3-16-9-11(2)14-12-15-13(10-17-12)7-5-4-6-8-13/h11H,3-10H2,1-2H3,(H,14,15). The van der Waals surface area contributed by atoms with E-state index in [2.05, 4.69) is 12.2 Å². The van der Waals surface area contributed by atoms with Crippen molar-refractivity contribution in [1.82, 2.24) is 5.32 Å². The highest BCUT2D eigenvalue weighted by Gasteiger charge is 2.38. The molecule has 1 N–H and O–H groups in total. The van der Waals surface area contributed by atoms with Crippen molar-refractivity contribution in [2.45, 2.75) is 57.5 Å². The predicted molar refractivity (Wildman–Crippen MR) is 74.8 cm³/mol. The van der Waals surface area contributed by atoms with Crippen LogP contribution >= 0.6 is 11.8 Å². The average Bonchev–Trinajstić information content (AvgIpc) is 2.70. The summed E-state index contributed by atoms with van der Waals surface area (Å²) in [5.74, 6) is 1.20. The molecule has 2 rings (SSSR count). The van der Waals surface area contributed by atoms with Crippen molar-refractivity contribution in [2.75, 3.05) is 19.0 Å². The first-order chi connectivity index (χ1) is 8.24. The Balaban J connectivity index is 1.85. The molecule has 1 unspecified atom stereocenters. The fourth-order valence-electron chi connectivity index (χ4n) is 2.60. The van der Waals surface area contributed by atoms with Crippen LogP contribution in [0.3, 0.4) is 0 Å². The summed E-state index contributed by atoms with van der Waals surface area (Å²) < 4.78 is 5.40. The molecule has 0 aromatic rings. The fraction of sp³-hybridized carbons (Fsp3) is 0.923. The van der Waals surface area contributed by atoms with E-state index in [0.717, 1.165) is 18.4 Å². The Bertz CT molecular complexity index is 275. The van der Waals surface area contributed by atoms with Crippen molar-refractivity contribution in [1.29, 1.82) is 0 Å². The quantitative estimate of drug-likeness (QED) is 0.840. The fourth-order valence-corrected chi connectivity index (χ4v) is 3.92. The van der Waals surface area contributed by atoms with Gasteiger partial charge in [-0.3, -0.25) is 4.99 Å². The number of ether oxygens (including phenoxy) is 1. The lowest BCUT2D eigenvalue weighted by Gasteiger charge is -2.32. The highest BCUT2D eigenvalue weighted by molar-refractivity contribution is 8.14. The highest BCUT2D eigenvalue weighted by Crippen LogP contribution is 2.36. The van der Waals surface area contributed by atoms with E-state index in [1.165, 1.54) is 37.9 Å². The lowest BCUT2D eigenvalue weighted by molar-refractivity contribution is 0.137. The zero-order valence-corrected chi connectivity index (χ0v) is 11.8. The second-order valence-electron chi connectivity index (χ2n) is 5.20. The molecule has 1 atom stereocenters. The van der Waals surface area contributed by atoms with Crippen LogP contribution in [0.5, 0.6) is 0 Å². The Kier molecular flexibility index (Phi) is 4.74. The predicted octanol–water partition coefficient (Wildman–Crippen LogP) is 2.81. The van der Waals surface area contributed by atoms with Crippen LogP contribution in [0.2, 0.25) is 0 Å². The van der Waals surface area contributed by atoms with Gasteiger partial charge >= 0.3 is 0 Å². The molecule has 1 aliphatic carbocycles. The summed E-state index contributed by atoms with van der Waals surface area (Å²) in [6.07, 6.45) is 6.78. The number of nitrogens with zero attached hydrogens (tertiary/aromatic N) is 1. The third-order valence-electron chi connectivity index (χ3n) is 3.57. The van der Waals surface area contributed by atoms with E-state index < -0.39 is 0 Å². The molecule has 17 heavy (non-hydrogen) atoms. The minimum Gasteiger partial charge on any atom is -0.380 e. The van der Waals surface area contributed by atoms with Crippen molar-refractivity contribution in [3.63, 3.8) is 0 Å². The molecular weight excluding hydrogens is 232 g/mol. The lowest BCUT2D eigenvalue weighted by atomic mass is 9.83. The van der Waals surface area contributed by atoms with E-state index in [-0.39, 0.29) is 6.04 Å². The first-order valence-electron chi connectivity index (χ1n) is 6.81. The zero-order valence-electron chi connectivity index (χ0n) is 11.0. The van der Waals surface area contributed by atoms with Crippen LogP contribution in [0.1, 0.15) is 46.0 Å². The SMILES string of the molecule is CCOCC(C)N=C1NC2(CCCCC2)CS1. The van der Waals surface area contributed by atoms with Gasteiger partial charge in [0.25, 0.3) is 0 Å². The average molecular weight is 256 g/mol. The van der Waals surface area contributed by atoms with Crippen LogP contribution in [0.4, 0.5) is 0 Å². The third kappa shape index (κ3) is 3.62. The van der Waals surface area contributed by atoms with Crippen LogP contribution < -0.4 is 5.32 Å². The molecule has 3 nitrogen and oxygen atoms in total. The van der Waals surface area contributed by atoms with Crippen LogP contribution in [0, 0.1) is 0 Å². The third-order valence-corrected chi connectivity index (χ3v) is 4.75. The normalized spacial score (nSPS) is 27.3. The number of nitrogens with one attached hydrogen (secondary N) is 1. The molecule has 0 aromatic heterocycles. The molecule has 1 spiro atoms. The van der Waals surface area contributed by atoms with E-state index in [1.807, 2.05) is 18.7 Å². The number of aliphatic imine (C=N–C) groups is 1. The van der Waals surface area contributed by atoms with Gasteiger partial charge in [-0.1, -0.05) is 31.0 Å². The molecule has 2 aliphatic rings. The van der Waals surface area contributed by atoms with Gasteiger partial charge < -0.3 is 10.1 Å². The molecule has 2 fully saturated rings. The summed E-state index contributed by atoms with van der Waals surface area (Å²) in [5, 5.41) is 4.81. The second-order valence-corrected chi connectivity index (χ2v) is 6.16. The second kappa shape index (κ2) is 6.10. The van der Waals surface area contributed by atoms with E-state index in [4.69, 9.17) is 9.73 Å². The Morgan fingerprint density at radius 3 is 2.88 bits per heavy atom. The van der Waals surface area contributed by atoms with Crippen LogP contribution in [0.25, 0.3) is 0 Å². The first kappa shape index (κ1) is 13.2. The van der Waals surface area contributed by atoms with Crippen LogP contribution in [-0.4, -0.2) is 35.7 Å². The number of amidine groups is 1. The molecule has 1 saturated carbocycles. The summed E-state index contributed by atoms with van der Waals surface area (Å²) in [7, 11) is 0. The maximum absolute atomic E-state index is 5.40. The van der Waals surface area contributed by atoms with E-state index in [0.29, 0.717) is 5.54 Å². The Morgan fingerprint density at radius 2 is 2.18 bits per heavy atom. The number of hydrogen-bond acceptors (Lipinski definition) is 3. The van der Waals surface area contributed by atoms with Gasteiger partial charge in [0.15, 0.2) is 5.17 Å². The topological polar surface area (TPSA) is 33.6 Å². The molecule has 0 aromatic carbocycles. The summed E-state index contributed by atoms with van der Waals surface area (Å²) in [6.45, 7) is 5.66. The van der Waals surface area contributed by atoms with Crippen molar-refractivity contribution in [3.8, 4) is 0 Å². The molecule has 0 amide bonds. The smallest absolute Gasteiger partial charge is 0.157 e. The lowest BCUT2D eigenvalue weighted by Crippen LogP contribution is -2.45. The Labute approximate surface area is 109 Å². The van der Waals surface area contributed by atoms with Gasteiger partial charge in [-0.05, 0) is 26.7 Å². The van der Waals surface area contributed by atoms with E-state index in [1.54, 1.807) is 0 Å². The molecule has 98 valence electrons. The van der Waals surface area contributed by atoms with Gasteiger partial charge in [-0.15, -0.1) is 0 Å². The molecule has 4 heteroatoms. The Hall–Kier alpha value is -0.220. The van der Waals surface area contributed by atoms with Gasteiger partial charge in [-0.25, -0.2) is 0 Å². The minimum atomic E-state index is 0.267. The van der Waals surface area contributed by atoms with Gasteiger partial charge in [0, 0.05) is 17.9 Å². The van der Waals surface area contributed by atoms with Crippen molar-refractivity contribution in [3.05, 3.63) is 0 Å². The zero-order chi connectivity index (χ0) is 12.1. The molecule has 1 saturated heterocycles. The molecule has 0 bridgehead atoms. The maximum Gasteiger partial charge on any atom is 0.157 e. The van der Waals surface area contributed by atoms with Crippen molar-refractivity contribution < 1.29 is 4.74 Å². The van der Waals surface area contributed by atoms with Crippen LogP contribution in [-0.2, 0) is 4.74 Å². The van der Waals surface area contributed by atoms with Crippen molar-refractivity contribution >= 4 is 16.9 Å². The number of hydrogen-bond donors (Lipinski definition) is 1. The Morgan fingerprint density at radius 1 is 1.41 bits per heavy atom. The maximum atomic E-state index is 5.40. The molecule has 0 radical (unpaired) electrons. The summed E-state index contributed by atoms with van der Waals surface area (Å²) in [6, 6.07) is 0.267. The minimum absolute atomic E-state index is 0.267. The van der Waals surface area contributed by atoms with Gasteiger partial charge in [0.2, 0.25) is 0 Å². The monoisotopic (exact) mass is 256 g/mol. The van der Waals surface area contributed by atoms with E-state index in [9.17, 15) is 0 Å². The van der Waals surface area contributed by atoms with Crippen molar-refractivity contribution in [2.24, 2.45) is 4.99 Å². The summed E-state index contributed by atoms with van der Waals surface area (Å²) in [5.41, 5.74) is 0.368. The first-order valence-corrected chi connectivity index (χ1v) is 7.79. The summed E-state index contributed by atoms with van der Waals surface area (Å²) in [4.78, 5) is 4.71. The molecule has 1 heterocycles. The van der Waals surface area contributed by atoms with Crippen LogP contribution in [0.15, 0.2) is 4.99 Å². The van der Waals surface area contributed by atoms with E-state index >= 15 is 0 Å². The van der Waals surface area contributed by atoms with Gasteiger partial charge in [-0.2, -0.15) is 0 Å². The number of rotatable bonds is 4. The summed E-state index contributed by atoms with van der Waals surface area (Å²) >= 11 is 1.89. The number of thioether (sulfide) groups is 1. The molecule has 1 aliphatic heterocycles. The molecular formula is C13H24N2OS.